The van der Waals surface area contributed by atoms with Gasteiger partial charge in [-0.15, -0.1) is 0 Å². The molecule has 1 aliphatic heterocycles. The van der Waals surface area contributed by atoms with Gasteiger partial charge in [0.15, 0.2) is 0 Å². The smallest absolute Gasteiger partial charge is 0.242 e. The van der Waals surface area contributed by atoms with E-state index in [-0.39, 0.29) is 18.4 Å². The van der Waals surface area contributed by atoms with Gasteiger partial charge in [-0.2, -0.15) is 0 Å². The van der Waals surface area contributed by atoms with E-state index in [1.807, 2.05) is 30.0 Å². The molecule has 114 valence electrons. The first-order valence-electron chi connectivity index (χ1n) is 7.31. The van der Waals surface area contributed by atoms with E-state index in [0.29, 0.717) is 0 Å². The van der Waals surface area contributed by atoms with Crippen LogP contribution in [0.2, 0.25) is 0 Å². The van der Waals surface area contributed by atoms with Crippen LogP contribution in [0.1, 0.15) is 31.7 Å². The SMILES string of the molecule is CC(=O)N(CC(=O)N1CCCCC1)c1ccc(C)cc1Br. The number of rotatable bonds is 3. The molecule has 1 aromatic carbocycles. The molecule has 1 fully saturated rings. The molecule has 0 unspecified atom stereocenters. The van der Waals surface area contributed by atoms with Crippen LogP contribution in [0.3, 0.4) is 0 Å². The standard InChI is InChI=1S/C16H21BrN2O2/c1-12-6-7-15(14(17)10-12)19(13(2)20)11-16(21)18-8-4-3-5-9-18/h6-7,10H,3-5,8-9,11H2,1-2H3. The maximum atomic E-state index is 12.4. The van der Waals surface area contributed by atoms with Gasteiger partial charge in [0.05, 0.1) is 5.69 Å². The molecule has 0 atom stereocenters. The fourth-order valence-corrected chi connectivity index (χ4v) is 3.28. The number of amides is 2. The Balaban J connectivity index is 2.15. The number of piperidine rings is 1. The third kappa shape index (κ3) is 4.06. The summed E-state index contributed by atoms with van der Waals surface area (Å²) in [6, 6.07) is 5.78. The van der Waals surface area contributed by atoms with Gasteiger partial charge >= 0.3 is 0 Å². The maximum absolute atomic E-state index is 12.4. The molecular formula is C16H21BrN2O2. The number of aryl methyl sites for hydroxylation is 1. The monoisotopic (exact) mass is 352 g/mol. The summed E-state index contributed by atoms with van der Waals surface area (Å²) in [7, 11) is 0. The van der Waals surface area contributed by atoms with Gasteiger partial charge < -0.3 is 9.80 Å². The molecule has 1 heterocycles. The number of halogens is 1. The predicted octanol–water partition coefficient (Wildman–Crippen LogP) is 3.12. The lowest BCUT2D eigenvalue weighted by Gasteiger charge is -2.30. The molecule has 2 rings (SSSR count). The Morgan fingerprint density at radius 3 is 2.48 bits per heavy atom. The number of hydrogen-bond donors (Lipinski definition) is 0. The summed E-state index contributed by atoms with van der Waals surface area (Å²) in [5.41, 5.74) is 1.86. The summed E-state index contributed by atoms with van der Waals surface area (Å²) in [6.07, 6.45) is 3.30. The molecule has 1 aromatic rings. The van der Waals surface area contributed by atoms with Crippen molar-refractivity contribution in [3.8, 4) is 0 Å². The average Bonchev–Trinajstić information content (AvgIpc) is 2.46. The van der Waals surface area contributed by atoms with Crippen LogP contribution in [0, 0.1) is 6.92 Å². The lowest BCUT2D eigenvalue weighted by molar-refractivity contribution is -0.132. The Hall–Kier alpha value is -1.36. The fraction of sp³-hybridized carbons (Fsp3) is 0.500. The molecule has 2 amide bonds. The minimum atomic E-state index is -0.120. The first kappa shape index (κ1) is 16.0. The van der Waals surface area contributed by atoms with Crippen molar-refractivity contribution >= 4 is 33.4 Å². The van der Waals surface area contributed by atoms with Crippen molar-refractivity contribution < 1.29 is 9.59 Å². The van der Waals surface area contributed by atoms with Crippen LogP contribution in [0.25, 0.3) is 0 Å². The minimum Gasteiger partial charge on any atom is -0.341 e. The second-order valence-electron chi connectivity index (χ2n) is 5.50. The number of anilines is 1. The normalized spacial score (nSPS) is 14.9. The summed E-state index contributed by atoms with van der Waals surface area (Å²) >= 11 is 3.48. The molecule has 1 saturated heterocycles. The van der Waals surface area contributed by atoms with E-state index >= 15 is 0 Å². The second kappa shape index (κ2) is 7.07. The highest BCUT2D eigenvalue weighted by Crippen LogP contribution is 2.27. The van der Waals surface area contributed by atoms with Crippen LogP contribution in [-0.4, -0.2) is 36.3 Å². The number of likely N-dealkylation sites (tertiary alicyclic amines) is 1. The first-order valence-corrected chi connectivity index (χ1v) is 8.10. The minimum absolute atomic E-state index is 0.0253. The molecule has 0 bridgehead atoms. The number of carbonyl (C=O) groups excluding carboxylic acids is 2. The first-order chi connectivity index (χ1) is 9.99. The zero-order chi connectivity index (χ0) is 15.4. The van der Waals surface area contributed by atoms with Gasteiger partial charge in [0, 0.05) is 24.5 Å². The second-order valence-corrected chi connectivity index (χ2v) is 6.36. The third-order valence-electron chi connectivity index (χ3n) is 3.78. The molecule has 21 heavy (non-hydrogen) atoms. The van der Waals surface area contributed by atoms with Gasteiger partial charge in [-0.3, -0.25) is 9.59 Å². The molecule has 0 saturated carbocycles. The Morgan fingerprint density at radius 1 is 1.24 bits per heavy atom. The van der Waals surface area contributed by atoms with Gasteiger partial charge in [-0.05, 0) is 59.8 Å². The number of hydrogen-bond acceptors (Lipinski definition) is 2. The van der Waals surface area contributed by atoms with Gasteiger partial charge in [0.1, 0.15) is 6.54 Å². The van der Waals surface area contributed by atoms with Crippen molar-refractivity contribution in [1.29, 1.82) is 0 Å². The van der Waals surface area contributed by atoms with E-state index in [1.165, 1.54) is 13.3 Å². The molecule has 0 radical (unpaired) electrons. The molecule has 0 N–H and O–H groups in total. The highest BCUT2D eigenvalue weighted by atomic mass is 79.9. The van der Waals surface area contributed by atoms with Crippen LogP contribution in [-0.2, 0) is 9.59 Å². The largest absolute Gasteiger partial charge is 0.341 e. The van der Waals surface area contributed by atoms with Crippen molar-refractivity contribution in [2.75, 3.05) is 24.5 Å². The van der Waals surface area contributed by atoms with Crippen LogP contribution >= 0.6 is 15.9 Å². The van der Waals surface area contributed by atoms with E-state index in [2.05, 4.69) is 15.9 Å². The molecule has 0 aliphatic carbocycles. The highest BCUT2D eigenvalue weighted by molar-refractivity contribution is 9.10. The summed E-state index contributed by atoms with van der Waals surface area (Å²) in [6.45, 7) is 5.21. The lowest BCUT2D eigenvalue weighted by atomic mass is 10.1. The molecular weight excluding hydrogens is 332 g/mol. The van der Waals surface area contributed by atoms with Gasteiger partial charge in [-0.1, -0.05) is 6.07 Å². The van der Waals surface area contributed by atoms with E-state index in [4.69, 9.17) is 0 Å². The van der Waals surface area contributed by atoms with Gasteiger partial charge in [-0.25, -0.2) is 0 Å². The summed E-state index contributed by atoms with van der Waals surface area (Å²) < 4.78 is 0.837. The van der Waals surface area contributed by atoms with Crippen molar-refractivity contribution in [3.05, 3.63) is 28.2 Å². The Kier molecular flexibility index (Phi) is 5.39. The molecule has 4 nitrogen and oxygen atoms in total. The molecule has 0 aromatic heterocycles. The summed E-state index contributed by atoms with van der Waals surface area (Å²) in [5.74, 6) is -0.0951. The van der Waals surface area contributed by atoms with Crippen molar-refractivity contribution in [2.45, 2.75) is 33.1 Å². The van der Waals surface area contributed by atoms with Crippen molar-refractivity contribution in [1.82, 2.24) is 4.90 Å². The zero-order valence-corrected chi connectivity index (χ0v) is 14.1. The molecule has 5 heteroatoms. The predicted molar refractivity (Wildman–Crippen MR) is 87.3 cm³/mol. The van der Waals surface area contributed by atoms with Crippen LogP contribution in [0.4, 0.5) is 5.69 Å². The van der Waals surface area contributed by atoms with Crippen LogP contribution < -0.4 is 4.90 Å². The zero-order valence-electron chi connectivity index (χ0n) is 12.6. The molecule has 0 spiro atoms. The van der Waals surface area contributed by atoms with E-state index in [0.717, 1.165) is 41.7 Å². The van der Waals surface area contributed by atoms with E-state index in [9.17, 15) is 9.59 Å². The Morgan fingerprint density at radius 2 is 1.90 bits per heavy atom. The third-order valence-corrected chi connectivity index (χ3v) is 4.41. The average molecular weight is 353 g/mol. The molecule has 1 aliphatic rings. The van der Waals surface area contributed by atoms with E-state index < -0.39 is 0 Å². The van der Waals surface area contributed by atoms with Crippen molar-refractivity contribution in [2.24, 2.45) is 0 Å². The Bertz CT molecular complexity index is 539. The number of benzene rings is 1. The highest BCUT2D eigenvalue weighted by Gasteiger charge is 2.22. The van der Waals surface area contributed by atoms with Gasteiger partial charge in [0.2, 0.25) is 11.8 Å². The van der Waals surface area contributed by atoms with Gasteiger partial charge in [0.25, 0.3) is 0 Å². The van der Waals surface area contributed by atoms with Crippen LogP contribution in [0.5, 0.6) is 0 Å². The van der Waals surface area contributed by atoms with E-state index in [1.54, 1.807) is 4.90 Å². The number of nitrogens with zero attached hydrogens (tertiary/aromatic N) is 2. The number of carbonyl (C=O) groups is 2. The Labute approximate surface area is 134 Å². The van der Waals surface area contributed by atoms with Crippen LogP contribution in [0.15, 0.2) is 22.7 Å². The lowest BCUT2D eigenvalue weighted by Crippen LogP contribution is -2.44. The van der Waals surface area contributed by atoms with Crippen molar-refractivity contribution in [3.63, 3.8) is 0 Å². The summed E-state index contributed by atoms with van der Waals surface area (Å²) in [4.78, 5) is 27.7. The maximum Gasteiger partial charge on any atom is 0.242 e. The summed E-state index contributed by atoms with van der Waals surface area (Å²) in [5, 5.41) is 0. The quantitative estimate of drug-likeness (QED) is 0.838. The fourth-order valence-electron chi connectivity index (χ4n) is 2.58. The topological polar surface area (TPSA) is 40.6 Å².